The number of hydrogen-bond acceptors (Lipinski definition) is 5. The average Bonchev–Trinajstić information content (AvgIpc) is 3.53. The highest BCUT2D eigenvalue weighted by Crippen LogP contribution is 2.28. The second-order valence-electron chi connectivity index (χ2n) is 7.15. The number of allylic oxidation sites excluding steroid dienone is 1. The topological polar surface area (TPSA) is 61.4 Å². The van der Waals surface area contributed by atoms with Crippen molar-refractivity contribution in [3.05, 3.63) is 80.2 Å². The highest BCUT2D eigenvalue weighted by Gasteiger charge is 2.14. The fraction of sp³-hybridized carbons (Fsp3) is 0.273. The number of nitrogens with zero attached hydrogens (tertiary/aromatic N) is 6. The van der Waals surface area contributed by atoms with Gasteiger partial charge < -0.3 is 4.57 Å². The van der Waals surface area contributed by atoms with Gasteiger partial charge in [0.05, 0.1) is 34.2 Å². The minimum Gasteiger partial charge on any atom is -0.324 e. The first-order valence-electron chi connectivity index (χ1n) is 10.1. The first-order chi connectivity index (χ1) is 15.2. The van der Waals surface area contributed by atoms with Crippen LogP contribution in [-0.2, 0) is 19.4 Å². The van der Waals surface area contributed by atoms with Gasteiger partial charge in [-0.1, -0.05) is 54.7 Å². The molecule has 0 amide bonds. The Morgan fingerprint density at radius 3 is 2.84 bits per heavy atom. The third-order valence-electron chi connectivity index (χ3n) is 4.98. The maximum Gasteiger partial charge on any atom is 0.143 e. The van der Waals surface area contributed by atoms with Crippen molar-refractivity contribution in [1.82, 2.24) is 29.8 Å². The minimum atomic E-state index is 0.554. The minimum absolute atomic E-state index is 0.554. The van der Waals surface area contributed by atoms with E-state index in [0.717, 1.165) is 48.5 Å². The lowest BCUT2D eigenvalue weighted by molar-refractivity contribution is 0.674. The van der Waals surface area contributed by atoms with E-state index >= 15 is 0 Å². The maximum atomic E-state index is 6.49. The molecule has 4 rings (SSSR count). The van der Waals surface area contributed by atoms with Crippen LogP contribution in [0.2, 0.25) is 10.0 Å². The molecular formula is C22H22Cl2N6S. The number of unbranched alkanes of at least 4 members (excludes halogenated alkanes) is 1. The molecule has 0 bridgehead atoms. The predicted molar refractivity (Wildman–Crippen MR) is 126 cm³/mol. The summed E-state index contributed by atoms with van der Waals surface area (Å²) in [6, 6.07) is 9.88. The normalized spacial score (nSPS) is 11.9. The molecule has 160 valence electrons. The molecule has 4 aromatic rings. The molecule has 0 N–H and O–H groups in total. The van der Waals surface area contributed by atoms with Crippen molar-refractivity contribution in [2.24, 2.45) is 0 Å². The van der Waals surface area contributed by atoms with Crippen LogP contribution in [0.5, 0.6) is 0 Å². The molecule has 0 spiro atoms. The third-order valence-corrected chi connectivity index (χ3v) is 6.71. The fourth-order valence-corrected chi connectivity index (χ4v) is 4.46. The summed E-state index contributed by atoms with van der Waals surface area (Å²) in [6.45, 7) is 2.77. The van der Waals surface area contributed by atoms with Gasteiger partial charge in [0.2, 0.25) is 0 Å². The zero-order chi connectivity index (χ0) is 21.6. The van der Waals surface area contributed by atoms with Crippen molar-refractivity contribution >= 4 is 46.3 Å². The number of aromatic nitrogens is 6. The first-order valence-corrected chi connectivity index (χ1v) is 11.7. The Labute approximate surface area is 195 Å². The summed E-state index contributed by atoms with van der Waals surface area (Å²) in [5.74, 6) is 1.02. The Hall–Kier alpha value is -2.48. The number of rotatable bonds is 9. The molecule has 3 aromatic heterocycles. The number of aryl methyl sites for hydroxylation is 1. The summed E-state index contributed by atoms with van der Waals surface area (Å²) < 4.78 is 3.90. The van der Waals surface area contributed by atoms with Crippen LogP contribution in [0.3, 0.4) is 0 Å². The maximum absolute atomic E-state index is 6.49. The molecule has 0 aliphatic rings. The molecule has 6 nitrogen and oxygen atoms in total. The van der Waals surface area contributed by atoms with Crippen LogP contribution in [0.1, 0.15) is 41.7 Å². The van der Waals surface area contributed by atoms with Crippen molar-refractivity contribution in [3.8, 4) is 0 Å². The Kier molecular flexibility index (Phi) is 7.17. The van der Waals surface area contributed by atoms with Gasteiger partial charge in [0.1, 0.15) is 12.2 Å². The van der Waals surface area contributed by atoms with Gasteiger partial charge >= 0.3 is 0 Å². The van der Waals surface area contributed by atoms with Gasteiger partial charge in [-0.2, -0.15) is 0 Å². The van der Waals surface area contributed by atoms with Crippen LogP contribution < -0.4 is 0 Å². The molecule has 0 aliphatic heterocycles. The Balaban J connectivity index is 1.75. The van der Waals surface area contributed by atoms with Gasteiger partial charge in [0.25, 0.3) is 0 Å². The van der Waals surface area contributed by atoms with Crippen molar-refractivity contribution in [2.75, 3.05) is 0 Å². The standard InChI is InChI=1S/C22H22Cl2N6S/c1-2-3-9-21-25-13-18(29(21)14-16-6-4-8-20(23)22(16)24)11-17(30-15-26-27-28-30)12-19-7-5-10-31-19/h4-8,10-11,13,15H,2-3,9,12,14H2,1H3/b17-11+. The quantitative estimate of drug-likeness (QED) is 0.305. The molecule has 3 heterocycles. The van der Waals surface area contributed by atoms with E-state index in [1.54, 1.807) is 28.4 Å². The summed E-state index contributed by atoms with van der Waals surface area (Å²) >= 11 is 14.5. The van der Waals surface area contributed by atoms with E-state index in [2.05, 4.69) is 44.5 Å². The summed E-state index contributed by atoms with van der Waals surface area (Å²) in [6.07, 6.45) is 9.40. The highest BCUT2D eigenvalue weighted by atomic mass is 35.5. The summed E-state index contributed by atoms with van der Waals surface area (Å²) in [5.41, 5.74) is 2.90. The summed E-state index contributed by atoms with van der Waals surface area (Å²) in [4.78, 5) is 5.95. The van der Waals surface area contributed by atoms with Gasteiger partial charge in [-0.25, -0.2) is 9.67 Å². The Morgan fingerprint density at radius 1 is 1.19 bits per heavy atom. The van der Waals surface area contributed by atoms with Crippen LogP contribution in [0.25, 0.3) is 11.8 Å². The van der Waals surface area contributed by atoms with Crippen LogP contribution in [-0.4, -0.2) is 29.8 Å². The molecular weight excluding hydrogens is 451 g/mol. The van der Waals surface area contributed by atoms with E-state index in [0.29, 0.717) is 16.6 Å². The number of thiophene rings is 1. The van der Waals surface area contributed by atoms with Gasteiger partial charge in [-0.05, 0) is 46.0 Å². The van der Waals surface area contributed by atoms with E-state index in [1.165, 1.54) is 4.88 Å². The largest absolute Gasteiger partial charge is 0.324 e. The molecule has 0 atom stereocenters. The molecule has 9 heteroatoms. The molecule has 0 radical (unpaired) electrons. The zero-order valence-electron chi connectivity index (χ0n) is 17.1. The first kappa shape index (κ1) is 21.7. The van der Waals surface area contributed by atoms with Crippen LogP contribution in [0, 0.1) is 0 Å². The monoisotopic (exact) mass is 472 g/mol. The number of halogens is 2. The van der Waals surface area contributed by atoms with Crippen molar-refractivity contribution in [1.29, 1.82) is 0 Å². The molecule has 31 heavy (non-hydrogen) atoms. The van der Waals surface area contributed by atoms with E-state index in [4.69, 9.17) is 28.2 Å². The Bertz CT molecular complexity index is 1150. The number of benzene rings is 1. The summed E-state index contributed by atoms with van der Waals surface area (Å²) in [7, 11) is 0. The van der Waals surface area contributed by atoms with E-state index in [9.17, 15) is 0 Å². The van der Waals surface area contributed by atoms with Gasteiger partial charge in [-0.15, -0.1) is 16.4 Å². The lowest BCUT2D eigenvalue weighted by Gasteiger charge is -2.13. The van der Waals surface area contributed by atoms with Crippen LogP contribution >= 0.6 is 34.5 Å². The van der Waals surface area contributed by atoms with Crippen molar-refractivity contribution < 1.29 is 0 Å². The van der Waals surface area contributed by atoms with Crippen molar-refractivity contribution in [3.63, 3.8) is 0 Å². The summed E-state index contributed by atoms with van der Waals surface area (Å²) in [5, 5.41) is 14.9. The number of tetrazole rings is 1. The Morgan fingerprint density at radius 2 is 2.10 bits per heavy atom. The third kappa shape index (κ3) is 5.23. The number of hydrogen-bond donors (Lipinski definition) is 0. The average molecular weight is 473 g/mol. The van der Waals surface area contributed by atoms with E-state index in [1.807, 2.05) is 24.4 Å². The second kappa shape index (κ2) is 10.2. The number of imidazole rings is 1. The lowest BCUT2D eigenvalue weighted by Crippen LogP contribution is -2.09. The van der Waals surface area contributed by atoms with Crippen molar-refractivity contribution in [2.45, 2.75) is 39.2 Å². The lowest BCUT2D eigenvalue weighted by atomic mass is 10.2. The van der Waals surface area contributed by atoms with E-state index < -0.39 is 0 Å². The highest BCUT2D eigenvalue weighted by molar-refractivity contribution is 7.10. The van der Waals surface area contributed by atoms with Crippen LogP contribution in [0.4, 0.5) is 0 Å². The molecule has 0 fully saturated rings. The second-order valence-corrected chi connectivity index (χ2v) is 8.97. The molecule has 1 aromatic carbocycles. The molecule has 0 unspecified atom stereocenters. The van der Waals surface area contributed by atoms with Gasteiger partial charge in [0.15, 0.2) is 0 Å². The molecule has 0 saturated carbocycles. The fourth-order valence-electron chi connectivity index (χ4n) is 3.36. The van der Waals surface area contributed by atoms with E-state index in [-0.39, 0.29) is 0 Å². The predicted octanol–water partition coefficient (Wildman–Crippen LogP) is 5.87. The van der Waals surface area contributed by atoms with Gasteiger partial charge in [0, 0.05) is 17.7 Å². The SMILES string of the molecule is CCCCc1ncc(/C=C(\Cc2cccs2)n2cnnn2)n1Cc1cccc(Cl)c1Cl. The van der Waals surface area contributed by atoms with Crippen LogP contribution in [0.15, 0.2) is 48.2 Å². The molecule has 0 aliphatic carbocycles. The van der Waals surface area contributed by atoms with Gasteiger partial charge in [-0.3, -0.25) is 0 Å². The molecule has 0 saturated heterocycles. The zero-order valence-corrected chi connectivity index (χ0v) is 19.4. The smallest absolute Gasteiger partial charge is 0.143 e.